The molecule has 168 valence electrons. The number of hydrogen-bond acceptors (Lipinski definition) is 8. The molecule has 3 aromatic rings. The highest BCUT2D eigenvalue weighted by atomic mass is 35.5. The maximum atomic E-state index is 13.5. The maximum absolute atomic E-state index is 13.5. The summed E-state index contributed by atoms with van der Waals surface area (Å²) in [5.74, 6) is 0.888. The van der Waals surface area contributed by atoms with Gasteiger partial charge in [-0.3, -0.25) is 4.79 Å². The minimum atomic E-state index is -0.487. The van der Waals surface area contributed by atoms with Crippen molar-refractivity contribution in [1.29, 1.82) is 0 Å². The summed E-state index contributed by atoms with van der Waals surface area (Å²) < 4.78 is 18.2. The predicted octanol–water partition coefficient (Wildman–Crippen LogP) is 4.88. The number of nitrogens with one attached hydrogen (secondary N) is 2. The molecule has 0 aliphatic heterocycles. The Morgan fingerprint density at radius 2 is 2.03 bits per heavy atom. The lowest BCUT2D eigenvalue weighted by Gasteiger charge is -2.29. The molecule has 32 heavy (non-hydrogen) atoms. The molecule has 1 aromatic carbocycles. The van der Waals surface area contributed by atoms with Crippen LogP contribution < -0.4 is 10.6 Å². The van der Waals surface area contributed by atoms with Gasteiger partial charge in [0.25, 0.3) is 0 Å². The fourth-order valence-corrected chi connectivity index (χ4v) is 4.11. The third-order valence-corrected chi connectivity index (χ3v) is 6.01. The number of hydrogen-bond donors (Lipinski definition) is 2. The van der Waals surface area contributed by atoms with Crippen molar-refractivity contribution in [2.75, 3.05) is 17.7 Å². The third-order valence-electron chi connectivity index (χ3n) is 5.72. The van der Waals surface area contributed by atoms with Gasteiger partial charge in [-0.25, -0.2) is 24.3 Å². The van der Waals surface area contributed by atoms with E-state index in [-0.39, 0.29) is 17.0 Å². The van der Waals surface area contributed by atoms with Crippen molar-refractivity contribution in [2.45, 2.75) is 44.6 Å². The Bertz CT molecular complexity index is 1110. The first-order valence-corrected chi connectivity index (χ1v) is 10.9. The average Bonchev–Trinajstić information content (AvgIpc) is 2.81. The maximum Gasteiger partial charge on any atom is 0.305 e. The molecule has 0 saturated heterocycles. The smallest absolute Gasteiger partial charge is 0.305 e. The standard InChI is InChI=1S/C22H24ClFN6O2/c1-32-19(31)9-4-13-2-5-14(6-3-13)29-22-25-11-18-20(30-22)21(27-12-26-18)28-15-7-8-17(24)16(23)10-15/h7-8,10-14H,2-6,9H2,1H3,(H,25,29,30)(H,26,27,28). The monoisotopic (exact) mass is 458 g/mol. The molecule has 2 aromatic heterocycles. The zero-order valence-electron chi connectivity index (χ0n) is 17.6. The van der Waals surface area contributed by atoms with E-state index in [9.17, 15) is 9.18 Å². The van der Waals surface area contributed by atoms with E-state index in [4.69, 9.17) is 16.3 Å². The Balaban J connectivity index is 1.43. The van der Waals surface area contributed by atoms with Crippen LogP contribution in [-0.2, 0) is 9.53 Å². The number of esters is 1. The number of carbonyl (C=O) groups excluding carboxylic acids is 1. The van der Waals surface area contributed by atoms with Gasteiger partial charge >= 0.3 is 5.97 Å². The predicted molar refractivity (Wildman–Crippen MR) is 120 cm³/mol. The average molecular weight is 459 g/mol. The molecule has 1 aliphatic carbocycles. The van der Waals surface area contributed by atoms with Gasteiger partial charge in [0.15, 0.2) is 5.82 Å². The first-order valence-electron chi connectivity index (χ1n) is 10.5. The Morgan fingerprint density at radius 1 is 1.22 bits per heavy atom. The second-order valence-electron chi connectivity index (χ2n) is 7.88. The molecule has 0 unspecified atom stereocenters. The van der Waals surface area contributed by atoms with E-state index in [1.165, 1.54) is 25.6 Å². The molecule has 1 saturated carbocycles. The third kappa shape index (κ3) is 5.40. The number of carbonyl (C=O) groups is 1. The van der Waals surface area contributed by atoms with E-state index < -0.39 is 5.82 Å². The molecule has 0 amide bonds. The van der Waals surface area contributed by atoms with Crippen LogP contribution in [0.4, 0.5) is 21.8 Å². The van der Waals surface area contributed by atoms with Gasteiger partial charge in [0.1, 0.15) is 23.2 Å². The zero-order chi connectivity index (χ0) is 22.5. The zero-order valence-corrected chi connectivity index (χ0v) is 18.4. The molecule has 0 atom stereocenters. The van der Waals surface area contributed by atoms with Crippen molar-refractivity contribution in [1.82, 2.24) is 19.9 Å². The quantitative estimate of drug-likeness (QED) is 0.483. The number of nitrogens with zero attached hydrogens (tertiary/aromatic N) is 4. The van der Waals surface area contributed by atoms with Crippen LogP contribution in [0.5, 0.6) is 0 Å². The highest BCUT2D eigenvalue weighted by Gasteiger charge is 2.22. The number of rotatable bonds is 7. The lowest BCUT2D eigenvalue weighted by molar-refractivity contribution is -0.141. The van der Waals surface area contributed by atoms with Crippen molar-refractivity contribution in [3.05, 3.63) is 41.6 Å². The van der Waals surface area contributed by atoms with Crippen LogP contribution in [0.1, 0.15) is 38.5 Å². The second-order valence-corrected chi connectivity index (χ2v) is 8.29. The van der Waals surface area contributed by atoms with Gasteiger partial charge in [-0.05, 0) is 56.2 Å². The summed E-state index contributed by atoms with van der Waals surface area (Å²) in [6, 6.07) is 4.62. The number of halogens is 2. The van der Waals surface area contributed by atoms with Crippen molar-refractivity contribution < 1.29 is 13.9 Å². The second kappa shape index (κ2) is 10.0. The molecule has 2 heterocycles. The molecule has 10 heteroatoms. The summed E-state index contributed by atoms with van der Waals surface area (Å²) in [5.41, 5.74) is 1.74. The Kier molecular flexibility index (Phi) is 6.94. The van der Waals surface area contributed by atoms with E-state index in [1.807, 2.05) is 0 Å². The molecule has 1 fully saturated rings. The molecule has 8 nitrogen and oxygen atoms in total. The van der Waals surface area contributed by atoms with Crippen LogP contribution in [0.25, 0.3) is 11.0 Å². The van der Waals surface area contributed by atoms with Gasteiger partial charge in [-0.2, -0.15) is 0 Å². The summed E-state index contributed by atoms with van der Waals surface area (Å²) in [5, 5.41) is 6.55. The normalized spacial score (nSPS) is 18.3. The van der Waals surface area contributed by atoms with Crippen LogP contribution in [0.15, 0.2) is 30.7 Å². The molecular formula is C22H24ClFN6O2. The minimum absolute atomic E-state index is 0.0209. The molecule has 0 bridgehead atoms. The van der Waals surface area contributed by atoms with Gasteiger partial charge < -0.3 is 15.4 Å². The Morgan fingerprint density at radius 3 is 2.78 bits per heavy atom. The van der Waals surface area contributed by atoms with E-state index in [0.29, 0.717) is 40.8 Å². The summed E-state index contributed by atoms with van der Waals surface area (Å²) in [6.45, 7) is 0. The van der Waals surface area contributed by atoms with Crippen molar-refractivity contribution >= 4 is 46.1 Å². The Hall–Kier alpha value is -3.07. The number of fused-ring (bicyclic) bond motifs is 1. The lowest BCUT2D eigenvalue weighted by Crippen LogP contribution is -2.27. The summed E-state index contributed by atoms with van der Waals surface area (Å²) in [6.07, 6.45) is 8.47. The summed E-state index contributed by atoms with van der Waals surface area (Å²) in [4.78, 5) is 28.9. The largest absolute Gasteiger partial charge is 0.469 e. The minimum Gasteiger partial charge on any atom is -0.469 e. The summed E-state index contributed by atoms with van der Waals surface area (Å²) in [7, 11) is 1.42. The number of methoxy groups -OCH3 is 1. The van der Waals surface area contributed by atoms with Gasteiger partial charge in [0.2, 0.25) is 5.95 Å². The van der Waals surface area contributed by atoms with E-state index in [1.54, 1.807) is 12.3 Å². The Labute approximate surface area is 190 Å². The van der Waals surface area contributed by atoms with E-state index in [2.05, 4.69) is 30.6 Å². The SMILES string of the molecule is COC(=O)CCC1CCC(Nc2ncc3ncnc(Nc4ccc(F)c(Cl)c4)c3n2)CC1. The van der Waals surface area contributed by atoms with Gasteiger partial charge in [-0.1, -0.05) is 11.6 Å². The molecule has 1 aliphatic rings. The number of benzene rings is 1. The highest BCUT2D eigenvalue weighted by Crippen LogP contribution is 2.30. The van der Waals surface area contributed by atoms with Crippen LogP contribution in [0, 0.1) is 11.7 Å². The number of anilines is 3. The van der Waals surface area contributed by atoms with Gasteiger partial charge in [0.05, 0.1) is 18.3 Å². The van der Waals surface area contributed by atoms with Crippen molar-refractivity contribution in [3.63, 3.8) is 0 Å². The van der Waals surface area contributed by atoms with E-state index in [0.717, 1.165) is 32.1 Å². The number of aromatic nitrogens is 4. The fourth-order valence-electron chi connectivity index (χ4n) is 3.93. The van der Waals surface area contributed by atoms with Crippen LogP contribution in [-0.4, -0.2) is 39.1 Å². The topological polar surface area (TPSA) is 102 Å². The summed E-state index contributed by atoms with van der Waals surface area (Å²) >= 11 is 5.88. The van der Waals surface area contributed by atoms with Gasteiger partial charge in [-0.15, -0.1) is 0 Å². The van der Waals surface area contributed by atoms with E-state index >= 15 is 0 Å². The van der Waals surface area contributed by atoms with Crippen molar-refractivity contribution in [2.24, 2.45) is 5.92 Å². The highest BCUT2D eigenvalue weighted by molar-refractivity contribution is 6.31. The first kappa shape index (κ1) is 22.1. The van der Waals surface area contributed by atoms with Crippen molar-refractivity contribution in [3.8, 4) is 0 Å². The molecule has 0 spiro atoms. The van der Waals surface area contributed by atoms with Gasteiger partial charge in [0, 0.05) is 18.2 Å². The molecule has 2 N–H and O–H groups in total. The van der Waals surface area contributed by atoms with Crippen LogP contribution in [0.3, 0.4) is 0 Å². The first-order chi connectivity index (χ1) is 15.5. The molecular weight excluding hydrogens is 435 g/mol. The molecule has 4 rings (SSSR count). The molecule has 0 radical (unpaired) electrons. The number of ether oxygens (including phenoxy) is 1. The lowest BCUT2D eigenvalue weighted by atomic mass is 9.83. The fraction of sp³-hybridized carbons (Fsp3) is 0.409. The van der Waals surface area contributed by atoms with Crippen LogP contribution in [0.2, 0.25) is 5.02 Å². The van der Waals surface area contributed by atoms with Crippen LogP contribution >= 0.6 is 11.6 Å².